The van der Waals surface area contributed by atoms with Crippen LogP contribution in [0.25, 0.3) is 0 Å². The van der Waals surface area contributed by atoms with Crippen LogP contribution in [0.2, 0.25) is 0 Å². The van der Waals surface area contributed by atoms with Crippen LogP contribution in [0.15, 0.2) is 53.7 Å². The molecule has 2 aromatic carbocycles. The summed E-state index contributed by atoms with van der Waals surface area (Å²) in [6.07, 6.45) is 0.972. The van der Waals surface area contributed by atoms with Gasteiger partial charge in [0.25, 0.3) is 0 Å². The Morgan fingerprint density at radius 3 is 2.54 bits per heavy atom. The molecular weight excluding hydrogens is 524 g/mol. The SMILES string of the molecule is Cn1nnnc1SCC1CC(c2ccc(CO)cc2)OC(c2cccc(NC(=O)CCCCC(=O)NO)c2)O1. The van der Waals surface area contributed by atoms with Gasteiger partial charge in [-0.15, -0.1) is 5.10 Å². The molecule has 1 aromatic heterocycles. The number of amides is 2. The molecule has 2 amide bonds. The minimum absolute atomic E-state index is 0.0287. The van der Waals surface area contributed by atoms with E-state index >= 15 is 0 Å². The average molecular weight is 557 g/mol. The molecule has 0 bridgehead atoms. The fourth-order valence-electron chi connectivity index (χ4n) is 4.15. The van der Waals surface area contributed by atoms with Gasteiger partial charge in [-0.3, -0.25) is 14.8 Å². The monoisotopic (exact) mass is 556 g/mol. The number of hydrogen-bond acceptors (Lipinski definition) is 10. The number of rotatable bonds is 12. The number of thioether (sulfide) groups is 1. The number of ether oxygens (including phenoxy) is 2. The molecule has 3 unspecified atom stereocenters. The predicted octanol–water partition coefficient (Wildman–Crippen LogP) is 3.04. The van der Waals surface area contributed by atoms with Gasteiger partial charge in [0.2, 0.25) is 17.0 Å². The zero-order valence-electron chi connectivity index (χ0n) is 21.5. The number of aliphatic hydroxyl groups excluding tert-OH is 1. The van der Waals surface area contributed by atoms with Crippen molar-refractivity contribution in [2.75, 3.05) is 11.1 Å². The van der Waals surface area contributed by atoms with Crippen molar-refractivity contribution in [1.82, 2.24) is 25.7 Å². The highest BCUT2D eigenvalue weighted by molar-refractivity contribution is 7.99. The first-order valence-corrected chi connectivity index (χ1v) is 13.6. The number of anilines is 1. The van der Waals surface area contributed by atoms with Crippen LogP contribution in [0.4, 0.5) is 5.69 Å². The van der Waals surface area contributed by atoms with E-state index in [1.165, 1.54) is 11.8 Å². The lowest BCUT2D eigenvalue weighted by Crippen LogP contribution is -2.31. The molecule has 4 rings (SSSR count). The molecule has 13 heteroatoms. The Morgan fingerprint density at radius 2 is 1.85 bits per heavy atom. The summed E-state index contributed by atoms with van der Waals surface area (Å²) in [5.41, 5.74) is 4.77. The summed E-state index contributed by atoms with van der Waals surface area (Å²) in [5, 5.41) is 33.1. The number of unbranched alkanes of at least 4 members (excludes halogenated alkanes) is 1. The molecule has 1 fully saturated rings. The van der Waals surface area contributed by atoms with Crippen LogP contribution in [-0.4, -0.2) is 54.2 Å². The van der Waals surface area contributed by atoms with Crippen molar-refractivity contribution in [1.29, 1.82) is 0 Å². The third kappa shape index (κ3) is 8.31. The summed E-state index contributed by atoms with van der Waals surface area (Å²) >= 11 is 1.50. The van der Waals surface area contributed by atoms with Crippen molar-refractivity contribution in [3.8, 4) is 0 Å². The lowest BCUT2D eigenvalue weighted by Gasteiger charge is -2.36. The van der Waals surface area contributed by atoms with Gasteiger partial charge >= 0.3 is 0 Å². The molecule has 3 aromatic rings. The normalized spacial score (nSPS) is 19.0. The van der Waals surface area contributed by atoms with Gasteiger partial charge in [0.1, 0.15) is 0 Å². The van der Waals surface area contributed by atoms with Crippen molar-refractivity contribution in [3.05, 3.63) is 65.2 Å². The van der Waals surface area contributed by atoms with Gasteiger partial charge in [-0.05, 0) is 46.5 Å². The van der Waals surface area contributed by atoms with Crippen LogP contribution in [0.3, 0.4) is 0 Å². The van der Waals surface area contributed by atoms with Gasteiger partial charge < -0.3 is 19.9 Å². The molecule has 0 spiro atoms. The van der Waals surface area contributed by atoms with Crippen LogP contribution in [-0.2, 0) is 32.7 Å². The fourth-order valence-corrected chi connectivity index (χ4v) is 5.01. The molecule has 12 nitrogen and oxygen atoms in total. The van der Waals surface area contributed by atoms with Crippen molar-refractivity contribution in [2.24, 2.45) is 7.05 Å². The predicted molar refractivity (Wildman–Crippen MR) is 141 cm³/mol. The second kappa shape index (κ2) is 14.1. The standard InChI is InChI=1S/C26H32N6O6S/c1-32-26(28-30-31-32)39-16-21-14-22(18-11-9-17(15-33)10-12-18)38-25(37-21)19-5-4-6-20(13-19)27-23(34)7-2-3-8-24(35)29-36/h4-6,9-13,21-22,25,33,36H,2-3,7-8,14-16H2,1H3,(H,27,34)(H,29,35). The number of carbonyl (C=O) groups excluding carboxylic acids is 2. The Bertz CT molecular complexity index is 1240. The Hall–Kier alpha value is -3.36. The average Bonchev–Trinajstić information content (AvgIpc) is 3.38. The van der Waals surface area contributed by atoms with Crippen LogP contribution in [0.5, 0.6) is 0 Å². The van der Waals surface area contributed by atoms with Crippen molar-refractivity contribution < 1.29 is 29.4 Å². The summed E-state index contributed by atoms with van der Waals surface area (Å²) < 4.78 is 14.3. The summed E-state index contributed by atoms with van der Waals surface area (Å²) in [6, 6.07) is 15.0. The second-order valence-electron chi connectivity index (χ2n) is 9.16. The third-order valence-electron chi connectivity index (χ3n) is 6.22. The number of aromatic nitrogens is 4. The van der Waals surface area contributed by atoms with E-state index in [-0.39, 0.29) is 37.6 Å². The number of nitrogens with one attached hydrogen (secondary N) is 2. The molecule has 1 saturated heterocycles. The maximum Gasteiger partial charge on any atom is 0.243 e. The fraction of sp³-hybridized carbons (Fsp3) is 0.423. The van der Waals surface area contributed by atoms with E-state index in [1.807, 2.05) is 42.5 Å². The minimum Gasteiger partial charge on any atom is -0.392 e. The van der Waals surface area contributed by atoms with E-state index in [9.17, 15) is 14.7 Å². The Morgan fingerprint density at radius 1 is 1.08 bits per heavy atom. The molecule has 0 radical (unpaired) electrons. The lowest BCUT2D eigenvalue weighted by molar-refractivity contribution is -0.245. The third-order valence-corrected chi connectivity index (χ3v) is 7.36. The van der Waals surface area contributed by atoms with Crippen molar-refractivity contribution in [2.45, 2.75) is 62.4 Å². The Kier molecular flexibility index (Phi) is 10.4. The van der Waals surface area contributed by atoms with E-state index in [0.29, 0.717) is 35.9 Å². The smallest absolute Gasteiger partial charge is 0.243 e. The van der Waals surface area contributed by atoms with Gasteiger partial charge in [-0.1, -0.05) is 48.2 Å². The molecule has 39 heavy (non-hydrogen) atoms. The number of carbonyl (C=O) groups is 2. The van der Waals surface area contributed by atoms with Gasteiger partial charge in [0.05, 0.1) is 18.8 Å². The lowest BCUT2D eigenvalue weighted by atomic mass is 10.0. The van der Waals surface area contributed by atoms with Gasteiger partial charge in [-0.2, -0.15) is 0 Å². The number of nitrogens with zero attached hydrogens (tertiary/aromatic N) is 4. The van der Waals surface area contributed by atoms with Gasteiger partial charge in [-0.25, -0.2) is 10.2 Å². The zero-order chi connectivity index (χ0) is 27.6. The van der Waals surface area contributed by atoms with Crippen molar-refractivity contribution in [3.63, 3.8) is 0 Å². The van der Waals surface area contributed by atoms with E-state index in [1.54, 1.807) is 23.3 Å². The van der Waals surface area contributed by atoms with E-state index < -0.39 is 12.2 Å². The number of aliphatic hydroxyl groups is 1. The first-order valence-electron chi connectivity index (χ1n) is 12.6. The summed E-state index contributed by atoms with van der Waals surface area (Å²) in [6.45, 7) is -0.0287. The number of hydroxylamine groups is 1. The molecule has 4 N–H and O–H groups in total. The van der Waals surface area contributed by atoms with Crippen LogP contribution in [0, 0.1) is 0 Å². The van der Waals surface area contributed by atoms with Crippen LogP contribution >= 0.6 is 11.8 Å². The van der Waals surface area contributed by atoms with E-state index in [4.69, 9.17) is 14.7 Å². The largest absolute Gasteiger partial charge is 0.392 e. The van der Waals surface area contributed by atoms with Crippen LogP contribution < -0.4 is 10.8 Å². The molecule has 1 aliphatic rings. The topological polar surface area (TPSA) is 161 Å². The first-order chi connectivity index (χ1) is 18.9. The molecule has 0 aliphatic carbocycles. The highest BCUT2D eigenvalue weighted by Crippen LogP contribution is 2.39. The highest BCUT2D eigenvalue weighted by atomic mass is 32.2. The Labute approximate surface area is 230 Å². The zero-order valence-corrected chi connectivity index (χ0v) is 22.3. The molecule has 3 atom stereocenters. The molecule has 1 aliphatic heterocycles. The van der Waals surface area contributed by atoms with Gasteiger partial charge in [0.15, 0.2) is 6.29 Å². The minimum atomic E-state index is -0.668. The number of hydrogen-bond donors (Lipinski definition) is 4. The second-order valence-corrected chi connectivity index (χ2v) is 10.1. The maximum atomic E-state index is 12.4. The number of benzene rings is 2. The van der Waals surface area contributed by atoms with Gasteiger partial charge in [0, 0.05) is 43.3 Å². The van der Waals surface area contributed by atoms with Crippen LogP contribution in [0.1, 0.15) is 61.2 Å². The number of tetrazole rings is 1. The summed E-state index contributed by atoms with van der Waals surface area (Å²) in [5.74, 6) is -0.0250. The summed E-state index contributed by atoms with van der Waals surface area (Å²) in [4.78, 5) is 23.5. The maximum absolute atomic E-state index is 12.4. The quantitative estimate of drug-likeness (QED) is 0.113. The van der Waals surface area contributed by atoms with Crippen molar-refractivity contribution >= 4 is 29.3 Å². The van der Waals surface area contributed by atoms with E-state index in [2.05, 4.69) is 20.8 Å². The molecule has 0 saturated carbocycles. The highest BCUT2D eigenvalue weighted by Gasteiger charge is 2.32. The molecular formula is C26H32N6O6S. The Balaban J connectivity index is 1.43. The summed E-state index contributed by atoms with van der Waals surface area (Å²) in [7, 11) is 1.78. The van der Waals surface area contributed by atoms with E-state index in [0.717, 1.165) is 16.7 Å². The first kappa shape index (κ1) is 28.6. The molecule has 2 heterocycles. The number of aryl methyl sites for hydroxylation is 1. The molecule has 208 valence electrons.